The monoisotopic (exact) mass is 237 g/mol. The number of ether oxygens (including phenoxy) is 1. The number of methoxy groups -OCH3 is 1. The maximum atomic E-state index is 10.3. The van der Waals surface area contributed by atoms with Crippen LogP contribution in [0.5, 0.6) is 5.75 Å². The molecule has 1 aromatic carbocycles. The fourth-order valence-electron chi connectivity index (χ4n) is 1.97. The summed E-state index contributed by atoms with van der Waals surface area (Å²) in [4.78, 5) is 2.23. The Bertz CT molecular complexity index is 339. The number of rotatable bonds is 6. The van der Waals surface area contributed by atoms with Crippen molar-refractivity contribution in [2.24, 2.45) is 0 Å². The fraction of sp³-hybridized carbons (Fsp3) is 0.571. The number of hydrogen-bond acceptors (Lipinski definition) is 3. The van der Waals surface area contributed by atoms with E-state index in [0.717, 1.165) is 17.9 Å². The van der Waals surface area contributed by atoms with Gasteiger partial charge in [0, 0.05) is 18.2 Å². The molecule has 3 heteroatoms. The van der Waals surface area contributed by atoms with Gasteiger partial charge in [-0.1, -0.05) is 25.1 Å². The zero-order valence-electron chi connectivity index (χ0n) is 11.2. The van der Waals surface area contributed by atoms with Crippen molar-refractivity contribution in [1.82, 2.24) is 4.90 Å². The molecule has 1 atom stereocenters. The van der Waals surface area contributed by atoms with Crippen molar-refractivity contribution in [2.75, 3.05) is 20.2 Å². The van der Waals surface area contributed by atoms with Crippen molar-refractivity contribution >= 4 is 0 Å². The number of aliphatic hydroxyl groups excluding tert-OH is 1. The van der Waals surface area contributed by atoms with Gasteiger partial charge in [0.25, 0.3) is 0 Å². The Hall–Kier alpha value is -1.06. The maximum absolute atomic E-state index is 10.3. The second-order valence-electron chi connectivity index (χ2n) is 4.44. The van der Waals surface area contributed by atoms with E-state index >= 15 is 0 Å². The van der Waals surface area contributed by atoms with E-state index in [1.165, 1.54) is 0 Å². The highest BCUT2D eigenvalue weighted by molar-refractivity contribution is 5.35. The maximum Gasteiger partial charge on any atom is 0.124 e. The molecule has 1 rings (SSSR count). The summed E-state index contributed by atoms with van der Waals surface area (Å²) >= 11 is 0. The number of likely N-dealkylation sites (N-methyl/N-ethyl adjacent to an activating group) is 1. The van der Waals surface area contributed by atoms with Gasteiger partial charge in [-0.15, -0.1) is 0 Å². The second kappa shape index (κ2) is 6.62. The number of aliphatic hydroxyl groups is 1. The fourth-order valence-corrected chi connectivity index (χ4v) is 1.97. The van der Waals surface area contributed by atoms with E-state index < -0.39 is 6.10 Å². The predicted octanol–water partition coefficient (Wildman–Crippen LogP) is 2.46. The van der Waals surface area contributed by atoms with Crippen molar-refractivity contribution in [1.29, 1.82) is 0 Å². The number of benzene rings is 1. The molecule has 0 amide bonds. The molecule has 0 heterocycles. The molecule has 1 unspecified atom stereocenters. The van der Waals surface area contributed by atoms with Crippen LogP contribution in [-0.4, -0.2) is 36.2 Å². The van der Waals surface area contributed by atoms with Crippen molar-refractivity contribution in [3.05, 3.63) is 29.8 Å². The number of para-hydroxylation sites is 1. The third-order valence-electron chi connectivity index (χ3n) is 3.04. The average Bonchev–Trinajstić information content (AvgIpc) is 2.35. The van der Waals surface area contributed by atoms with Gasteiger partial charge in [-0.25, -0.2) is 0 Å². The standard InChI is InChI=1S/C14H23NO2/c1-5-15(11(2)3)10-13(16)12-8-6-7-9-14(12)17-4/h6-9,11,13,16H,5,10H2,1-4H3. The van der Waals surface area contributed by atoms with E-state index in [2.05, 4.69) is 25.7 Å². The van der Waals surface area contributed by atoms with Crippen LogP contribution in [0, 0.1) is 0 Å². The highest BCUT2D eigenvalue weighted by Crippen LogP contribution is 2.25. The molecule has 3 nitrogen and oxygen atoms in total. The molecule has 0 aliphatic carbocycles. The summed E-state index contributed by atoms with van der Waals surface area (Å²) in [6.45, 7) is 7.95. The molecule has 96 valence electrons. The van der Waals surface area contributed by atoms with Gasteiger partial charge in [-0.3, -0.25) is 4.90 Å². The first-order valence-corrected chi connectivity index (χ1v) is 6.15. The van der Waals surface area contributed by atoms with Crippen LogP contribution in [-0.2, 0) is 0 Å². The zero-order valence-corrected chi connectivity index (χ0v) is 11.2. The zero-order chi connectivity index (χ0) is 12.8. The highest BCUT2D eigenvalue weighted by atomic mass is 16.5. The minimum atomic E-state index is -0.506. The van der Waals surface area contributed by atoms with Gasteiger partial charge in [0.15, 0.2) is 0 Å². The van der Waals surface area contributed by atoms with E-state index in [9.17, 15) is 5.11 Å². The van der Waals surface area contributed by atoms with Crippen LogP contribution >= 0.6 is 0 Å². The molecule has 0 fully saturated rings. The molecule has 0 spiro atoms. The first-order chi connectivity index (χ1) is 8.10. The SMILES string of the molecule is CCN(CC(O)c1ccccc1OC)C(C)C. The summed E-state index contributed by atoms with van der Waals surface area (Å²) in [6.07, 6.45) is -0.506. The lowest BCUT2D eigenvalue weighted by atomic mass is 10.1. The van der Waals surface area contributed by atoms with E-state index in [-0.39, 0.29) is 0 Å². The molecule has 0 aliphatic heterocycles. The van der Waals surface area contributed by atoms with Crippen LogP contribution in [0.1, 0.15) is 32.4 Å². The van der Waals surface area contributed by atoms with Crippen LogP contribution in [0.2, 0.25) is 0 Å². The summed E-state index contributed by atoms with van der Waals surface area (Å²) in [6, 6.07) is 8.06. The molecule has 0 aliphatic rings. The molecule has 0 saturated carbocycles. The Morgan fingerprint density at radius 2 is 1.94 bits per heavy atom. The summed E-state index contributed by atoms with van der Waals surface area (Å²) in [7, 11) is 1.63. The Morgan fingerprint density at radius 1 is 1.29 bits per heavy atom. The van der Waals surface area contributed by atoms with Gasteiger partial charge < -0.3 is 9.84 Å². The van der Waals surface area contributed by atoms with Crippen molar-refractivity contribution in [3.63, 3.8) is 0 Å². The van der Waals surface area contributed by atoms with Gasteiger partial charge in [0.1, 0.15) is 5.75 Å². The smallest absolute Gasteiger partial charge is 0.124 e. The third-order valence-corrected chi connectivity index (χ3v) is 3.04. The lowest BCUT2D eigenvalue weighted by Gasteiger charge is -2.27. The van der Waals surface area contributed by atoms with Crippen LogP contribution < -0.4 is 4.74 Å². The van der Waals surface area contributed by atoms with Gasteiger partial charge in [-0.2, -0.15) is 0 Å². The molecule has 1 aromatic rings. The van der Waals surface area contributed by atoms with Gasteiger partial charge in [0.05, 0.1) is 13.2 Å². The minimum absolute atomic E-state index is 0.435. The normalized spacial score (nSPS) is 13.1. The molecule has 0 bridgehead atoms. The van der Waals surface area contributed by atoms with Crippen LogP contribution in [0.25, 0.3) is 0 Å². The quantitative estimate of drug-likeness (QED) is 0.825. The summed E-state index contributed by atoms with van der Waals surface area (Å²) in [5.74, 6) is 0.750. The Balaban J connectivity index is 2.78. The second-order valence-corrected chi connectivity index (χ2v) is 4.44. The third kappa shape index (κ3) is 3.72. The van der Waals surface area contributed by atoms with Crippen LogP contribution in [0.3, 0.4) is 0 Å². The molecular formula is C14H23NO2. The average molecular weight is 237 g/mol. The van der Waals surface area contributed by atoms with Crippen LogP contribution in [0.4, 0.5) is 0 Å². The number of nitrogens with zero attached hydrogens (tertiary/aromatic N) is 1. The minimum Gasteiger partial charge on any atom is -0.496 e. The van der Waals surface area contributed by atoms with E-state index in [1.807, 2.05) is 24.3 Å². The van der Waals surface area contributed by atoms with Crippen molar-refractivity contribution in [2.45, 2.75) is 32.9 Å². The van der Waals surface area contributed by atoms with Gasteiger partial charge in [-0.05, 0) is 26.5 Å². The number of hydrogen-bond donors (Lipinski definition) is 1. The van der Waals surface area contributed by atoms with E-state index in [4.69, 9.17) is 4.74 Å². The lowest BCUT2D eigenvalue weighted by molar-refractivity contribution is 0.0971. The Labute approximate surface area is 104 Å². The molecule has 17 heavy (non-hydrogen) atoms. The molecule has 1 N–H and O–H groups in total. The summed E-state index contributed by atoms with van der Waals surface area (Å²) in [5.41, 5.74) is 0.856. The first-order valence-electron chi connectivity index (χ1n) is 6.15. The van der Waals surface area contributed by atoms with Gasteiger partial charge in [0.2, 0.25) is 0 Å². The van der Waals surface area contributed by atoms with Crippen LogP contribution in [0.15, 0.2) is 24.3 Å². The van der Waals surface area contributed by atoms with E-state index in [1.54, 1.807) is 7.11 Å². The van der Waals surface area contributed by atoms with Crippen molar-refractivity contribution in [3.8, 4) is 5.75 Å². The first kappa shape index (κ1) is 14.0. The largest absolute Gasteiger partial charge is 0.496 e. The summed E-state index contributed by atoms with van der Waals surface area (Å²) < 4.78 is 5.26. The van der Waals surface area contributed by atoms with Crippen molar-refractivity contribution < 1.29 is 9.84 Å². The highest BCUT2D eigenvalue weighted by Gasteiger charge is 2.17. The predicted molar refractivity (Wildman–Crippen MR) is 70.3 cm³/mol. The summed E-state index contributed by atoms with van der Waals surface area (Å²) in [5, 5.41) is 10.3. The lowest BCUT2D eigenvalue weighted by Crippen LogP contribution is -2.34. The topological polar surface area (TPSA) is 32.7 Å². The molecule has 0 radical (unpaired) electrons. The molecular weight excluding hydrogens is 214 g/mol. The van der Waals surface area contributed by atoms with E-state index in [0.29, 0.717) is 12.6 Å². The Morgan fingerprint density at radius 3 is 2.47 bits per heavy atom. The Kier molecular flexibility index (Phi) is 5.45. The molecule has 0 saturated heterocycles. The molecule has 0 aromatic heterocycles. The van der Waals surface area contributed by atoms with Gasteiger partial charge >= 0.3 is 0 Å².